The van der Waals surface area contributed by atoms with E-state index in [1.165, 1.54) is 6.92 Å². The number of hydrogen-bond donors (Lipinski definition) is 1. The van der Waals surface area contributed by atoms with Crippen LogP contribution in [0, 0.1) is 0 Å². The Kier molecular flexibility index (Phi) is 1.53. The van der Waals surface area contributed by atoms with Crippen LogP contribution in [0.5, 0.6) is 0 Å². The third-order valence-corrected chi connectivity index (χ3v) is 1.27. The molecule has 0 bridgehead atoms. The first kappa shape index (κ1) is 7.53. The van der Waals surface area contributed by atoms with E-state index in [9.17, 15) is 9.59 Å². The molecule has 0 aromatic carbocycles. The zero-order chi connectivity index (χ0) is 8.59. The van der Waals surface area contributed by atoms with E-state index in [-0.39, 0.29) is 11.3 Å². The molecular formula is C7H6O4. The summed E-state index contributed by atoms with van der Waals surface area (Å²) in [6.07, 6.45) is 0. The molecular weight excluding hydrogens is 148 g/mol. The van der Waals surface area contributed by atoms with Crippen LogP contribution in [0.2, 0.25) is 0 Å². The number of cyclic esters (lactones) is 1. The molecule has 0 radical (unpaired) electrons. The third-order valence-electron chi connectivity index (χ3n) is 1.27. The summed E-state index contributed by atoms with van der Waals surface area (Å²) in [5, 5.41) is 9.01. The number of rotatable bonds is 1. The van der Waals surface area contributed by atoms with E-state index in [1.807, 2.05) is 0 Å². The highest BCUT2D eigenvalue weighted by Gasteiger charge is 2.31. The molecule has 0 aromatic rings. The number of hydrogen-bond acceptors (Lipinski definition) is 4. The van der Waals surface area contributed by atoms with Gasteiger partial charge in [0.1, 0.15) is 5.57 Å². The van der Waals surface area contributed by atoms with Crippen LogP contribution in [0.1, 0.15) is 6.92 Å². The van der Waals surface area contributed by atoms with Crippen molar-refractivity contribution < 1.29 is 19.4 Å². The van der Waals surface area contributed by atoms with Gasteiger partial charge in [0, 0.05) is 0 Å². The van der Waals surface area contributed by atoms with Crippen molar-refractivity contribution in [2.75, 3.05) is 0 Å². The van der Waals surface area contributed by atoms with E-state index in [1.54, 1.807) is 0 Å². The zero-order valence-electron chi connectivity index (χ0n) is 5.88. The Morgan fingerprint density at radius 3 is 2.36 bits per heavy atom. The predicted molar refractivity (Wildman–Crippen MR) is 35.6 cm³/mol. The van der Waals surface area contributed by atoms with Gasteiger partial charge in [-0.3, -0.25) is 4.79 Å². The van der Waals surface area contributed by atoms with E-state index in [0.717, 1.165) is 0 Å². The van der Waals surface area contributed by atoms with Crippen molar-refractivity contribution in [2.24, 2.45) is 0 Å². The van der Waals surface area contributed by atoms with Crippen molar-refractivity contribution in [3.63, 3.8) is 0 Å². The first-order valence-corrected chi connectivity index (χ1v) is 2.89. The summed E-state index contributed by atoms with van der Waals surface area (Å²) in [6.45, 7) is 4.39. The molecule has 0 atom stereocenters. The fourth-order valence-electron chi connectivity index (χ4n) is 0.758. The minimum atomic E-state index is -0.833. The third kappa shape index (κ3) is 1.02. The second-order valence-electron chi connectivity index (χ2n) is 2.09. The molecule has 0 amide bonds. The van der Waals surface area contributed by atoms with Crippen LogP contribution < -0.4 is 0 Å². The number of esters is 1. The predicted octanol–water partition coefficient (Wildman–Crippen LogP) is 0.458. The van der Waals surface area contributed by atoms with Crippen molar-refractivity contribution >= 4 is 11.8 Å². The SMILES string of the molecule is C=C1OC(=O)C(C(C)=O)=C1O. The first-order valence-electron chi connectivity index (χ1n) is 2.89. The van der Waals surface area contributed by atoms with E-state index < -0.39 is 17.5 Å². The van der Waals surface area contributed by atoms with E-state index in [4.69, 9.17) is 5.11 Å². The molecule has 0 saturated heterocycles. The van der Waals surface area contributed by atoms with Crippen molar-refractivity contribution in [3.8, 4) is 0 Å². The van der Waals surface area contributed by atoms with Gasteiger partial charge >= 0.3 is 5.97 Å². The molecule has 0 saturated carbocycles. The van der Waals surface area contributed by atoms with Gasteiger partial charge < -0.3 is 9.84 Å². The maximum atomic E-state index is 10.7. The topological polar surface area (TPSA) is 63.6 Å². The lowest BCUT2D eigenvalue weighted by Gasteiger charge is -1.89. The van der Waals surface area contributed by atoms with Crippen LogP contribution in [0.4, 0.5) is 0 Å². The number of carbonyl (C=O) groups excluding carboxylic acids is 2. The van der Waals surface area contributed by atoms with Crippen LogP contribution in [-0.2, 0) is 14.3 Å². The molecule has 0 fully saturated rings. The molecule has 0 spiro atoms. The number of carbonyl (C=O) groups is 2. The average molecular weight is 154 g/mol. The van der Waals surface area contributed by atoms with Crippen molar-refractivity contribution in [1.29, 1.82) is 0 Å². The highest BCUT2D eigenvalue weighted by molar-refractivity contribution is 6.19. The van der Waals surface area contributed by atoms with Gasteiger partial charge in [-0.05, 0) is 6.92 Å². The monoisotopic (exact) mass is 154 g/mol. The van der Waals surface area contributed by atoms with Gasteiger partial charge in [-0.1, -0.05) is 6.58 Å². The van der Waals surface area contributed by atoms with Crippen LogP contribution in [0.25, 0.3) is 0 Å². The summed E-state index contributed by atoms with van der Waals surface area (Å²) in [4.78, 5) is 21.4. The van der Waals surface area contributed by atoms with Crippen LogP contribution in [0.15, 0.2) is 23.7 Å². The van der Waals surface area contributed by atoms with Crippen LogP contribution in [-0.4, -0.2) is 16.9 Å². The first-order chi connectivity index (χ1) is 5.04. The molecule has 1 rings (SSSR count). The van der Waals surface area contributed by atoms with Gasteiger partial charge in [0.05, 0.1) is 0 Å². The molecule has 1 aliphatic rings. The Morgan fingerprint density at radius 2 is 2.18 bits per heavy atom. The fraction of sp³-hybridized carbons (Fsp3) is 0.143. The van der Waals surface area contributed by atoms with Crippen molar-refractivity contribution in [3.05, 3.63) is 23.7 Å². The molecule has 0 unspecified atom stereocenters. The normalized spacial score (nSPS) is 17.2. The van der Waals surface area contributed by atoms with Crippen molar-refractivity contribution in [1.82, 2.24) is 0 Å². The van der Waals surface area contributed by atoms with Crippen LogP contribution in [0.3, 0.4) is 0 Å². The lowest BCUT2D eigenvalue weighted by Crippen LogP contribution is -2.06. The molecule has 1 aliphatic heterocycles. The Balaban J connectivity index is 3.17. The highest BCUT2D eigenvalue weighted by Crippen LogP contribution is 2.22. The maximum Gasteiger partial charge on any atom is 0.351 e. The van der Waals surface area contributed by atoms with Crippen LogP contribution >= 0.6 is 0 Å². The van der Waals surface area contributed by atoms with Gasteiger partial charge in [-0.15, -0.1) is 0 Å². The summed E-state index contributed by atoms with van der Waals surface area (Å²) in [5.74, 6) is -1.98. The van der Waals surface area contributed by atoms with E-state index >= 15 is 0 Å². The molecule has 1 heterocycles. The number of ether oxygens (including phenoxy) is 1. The number of aliphatic hydroxyl groups is 1. The van der Waals surface area contributed by atoms with E-state index in [0.29, 0.717) is 0 Å². The average Bonchev–Trinajstić information content (AvgIpc) is 2.07. The molecule has 1 N–H and O–H groups in total. The molecule has 4 heteroatoms. The van der Waals surface area contributed by atoms with Gasteiger partial charge in [0.15, 0.2) is 17.3 Å². The molecule has 0 aromatic heterocycles. The summed E-state index contributed by atoms with van der Waals surface area (Å²) in [7, 11) is 0. The lowest BCUT2D eigenvalue weighted by atomic mass is 10.2. The highest BCUT2D eigenvalue weighted by atomic mass is 16.6. The maximum absolute atomic E-state index is 10.7. The molecule has 4 nitrogen and oxygen atoms in total. The second kappa shape index (κ2) is 2.23. The molecule has 11 heavy (non-hydrogen) atoms. The summed E-state index contributed by atoms with van der Waals surface area (Å²) >= 11 is 0. The smallest absolute Gasteiger partial charge is 0.351 e. The minimum Gasteiger partial charge on any atom is -0.504 e. The zero-order valence-corrected chi connectivity index (χ0v) is 5.88. The number of ketones is 1. The molecule has 58 valence electrons. The Hall–Kier alpha value is -1.58. The summed E-state index contributed by atoms with van der Waals surface area (Å²) in [5.41, 5.74) is -0.324. The van der Waals surface area contributed by atoms with E-state index in [2.05, 4.69) is 11.3 Å². The molecule has 0 aliphatic carbocycles. The summed E-state index contributed by atoms with van der Waals surface area (Å²) in [6, 6.07) is 0. The number of aliphatic hydroxyl groups excluding tert-OH is 1. The van der Waals surface area contributed by atoms with Gasteiger partial charge in [-0.2, -0.15) is 0 Å². The fourth-order valence-corrected chi connectivity index (χ4v) is 0.758. The number of Topliss-reactive ketones (excluding diaryl/α,β-unsaturated/α-hetero) is 1. The summed E-state index contributed by atoms with van der Waals surface area (Å²) < 4.78 is 4.37. The Bertz CT molecular complexity index is 285. The standard InChI is InChI=1S/C7H6O4/c1-3(8)5-6(9)4(2)11-7(5)10/h9H,2H2,1H3. The second-order valence-corrected chi connectivity index (χ2v) is 2.09. The van der Waals surface area contributed by atoms with Gasteiger partial charge in [0.25, 0.3) is 0 Å². The quantitative estimate of drug-likeness (QED) is 0.440. The Morgan fingerprint density at radius 1 is 1.64 bits per heavy atom. The van der Waals surface area contributed by atoms with Crippen molar-refractivity contribution in [2.45, 2.75) is 6.92 Å². The largest absolute Gasteiger partial charge is 0.504 e. The lowest BCUT2D eigenvalue weighted by molar-refractivity contribution is -0.134. The van der Waals surface area contributed by atoms with Gasteiger partial charge in [0.2, 0.25) is 0 Å². The Labute approximate surface area is 62.8 Å². The van der Waals surface area contributed by atoms with Gasteiger partial charge in [-0.25, -0.2) is 4.79 Å². The minimum absolute atomic E-state index is 0.166.